The van der Waals surface area contributed by atoms with E-state index >= 15 is 0 Å². The molecule has 29 heavy (non-hydrogen) atoms. The third-order valence-corrected chi connectivity index (χ3v) is 4.89. The van der Waals surface area contributed by atoms with Crippen molar-refractivity contribution in [3.8, 4) is 0 Å². The zero-order valence-corrected chi connectivity index (χ0v) is 18.6. The van der Waals surface area contributed by atoms with Crippen molar-refractivity contribution in [2.24, 2.45) is 0 Å². The third kappa shape index (κ3) is 6.29. The molecule has 1 aliphatic rings. The summed E-state index contributed by atoms with van der Waals surface area (Å²) in [6.07, 6.45) is 2.74. The van der Waals surface area contributed by atoms with Crippen LogP contribution in [0.5, 0.6) is 0 Å². The molecular weight excluding hydrogens is 417 g/mol. The van der Waals surface area contributed by atoms with E-state index in [1.807, 2.05) is 24.6 Å². The molecule has 1 aliphatic heterocycles. The Bertz CT molecular complexity index is 875. The highest BCUT2D eigenvalue weighted by Gasteiger charge is 2.22. The highest BCUT2D eigenvalue weighted by Crippen LogP contribution is 2.23. The summed E-state index contributed by atoms with van der Waals surface area (Å²) in [7, 11) is 0. The first kappa shape index (κ1) is 25.1. The van der Waals surface area contributed by atoms with Gasteiger partial charge in [-0.15, -0.1) is 24.8 Å². The lowest BCUT2D eigenvalue weighted by atomic mass is 9.95. The summed E-state index contributed by atoms with van der Waals surface area (Å²) in [5, 5.41) is 10.4. The zero-order valence-electron chi connectivity index (χ0n) is 17.0. The van der Waals surface area contributed by atoms with Crippen molar-refractivity contribution in [1.82, 2.24) is 25.4 Å². The van der Waals surface area contributed by atoms with Gasteiger partial charge in [0.05, 0.1) is 0 Å². The van der Waals surface area contributed by atoms with Gasteiger partial charge in [-0.3, -0.25) is 9.48 Å². The predicted octanol–water partition coefficient (Wildman–Crippen LogP) is 2.29. The van der Waals surface area contributed by atoms with Crippen LogP contribution >= 0.6 is 24.8 Å². The average Bonchev–Trinajstić information content (AvgIpc) is 2.96. The average molecular weight is 446 g/mol. The molecule has 3 rings (SSSR count). The number of hydrogen-bond donors (Lipinski definition) is 2. The molecule has 0 aromatic carbocycles. The molecule has 0 bridgehead atoms. The molecule has 10 heteroatoms. The van der Waals surface area contributed by atoms with Gasteiger partial charge in [-0.2, -0.15) is 5.10 Å². The summed E-state index contributed by atoms with van der Waals surface area (Å²) in [5.41, 5.74) is 0.193. The first-order chi connectivity index (χ1) is 13.0. The zero-order chi connectivity index (χ0) is 19.4. The minimum Gasteiger partial charge on any atom is -0.427 e. The lowest BCUT2D eigenvalue weighted by Crippen LogP contribution is -2.32. The van der Waals surface area contributed by atoms with E-state index in [-0.39, 0.29) is 42.2 Å². The smallest absolute Gasteiger partial charge is 0.349 e. The van der Waals surface area contributed by atoms with Crippen LogP contribution in [-0.2, 0) is 6.54 Å². The van der Waals surface area contributed by atoms with Crippen LogP contribution in [0.2, 0.25) is 0 Å². The fourth-order valence-electron chi connectivity index (χ4n) is 3.49. The van der Waals surface area contributed by atoms with Gasteiger partial charge in [0.15, 0.2) is 0 Å². The Balaban J connectivity index is 0.00000210. The van der Waals surface area contributed by atoms with E-state index in [4.69, 9.17) is 4.42 Å². The molecule has 1 amide bonds. The van der Waals surface area contributed by atoms with E-state index in [0.29, 0.717) is 30.8 Å². The Labute approximate surface area is 182 Å². The maximum absolute atomic E-state index is 12.4. The number of nitrogens with one attached hydrogen (secondary N) is 2. The van der Waals surface area contributed by atoms with Gasteiger partial charge >= 0.3 is 5.63 Å². The lowest BCUT2D eigenvalue weighted by molar-refractivity contribution is 0.0947. The molecule has 3 heterocycles. The molecule has 0 spiro atoms. The van der Waals surface area contributed by atoms with Crippen molar-refractivity contribution < 1.29 is 9.21 Å². The van der Waals surface area contributed by atoms with Crippen LogP contribution in [0.15, 0.2) is 15.3 Å². The van der Waals surface area contributed by atoms with Gasteiger partial charge in [-0.1, -0.05) is 0 Å². The molecule has 8 nitrogen and oxygen atoms in total. The van der Waals surface area contributed by atoms with E-state index in [0.717, 1.165) is 37.6 Å². The monoisotopic (exact) mass is 445 g/mol. The van der Waals surface area contributed by atoms with Crippen molar-refractivity contribution in [3.63, 3.8) is 0 Å². The summed E-state index contributed by atoms with van der Waals surface area (Å²) in [6, 6.07) is 1.83. The van der Waals surface area contributed by atoms with Gasteiger partial charge in [-0.05, 0) is 58.2 Å². The first-order valence-electron chi connectivity index (χ1n) is 9.47. The molecule has 1 fully saturated rings. The maximum atomic E-state index is 12.4. The van der Waals surface area contributed by atoms with Gasteiger partial charge in [0.2, 0.25) is 0 Å². The largest absolute Gasteiger partial charge is 0.427 e. The van der Waals surface area contributed by atoms with Crippen LogP contribution in [0.25, 0.3) is 0 Å². The van der Waals surface area contributed by atoms with Gasteiger partial charge in [0.1, 0.15) is 23.0 Å². The number of hydrogen-bond acceptors (Lipinski definition) is 6. The van der Waals surface area contributed by atoms with Crippen molar-refractivity contribution in [1.29, 1.82) is 0 Å². The molecule has 2 N–H and O–H groups in total. The van der Waals surface area contributed by atoms with Gasteiger partial charge in [0.25, 0.3) is 5.91 Å². The second kappa shape index (κ2) is 11.3. The summed E-state index contributed by atoms with van der Waals surface area (Å²) < 4.78 is 7.28. The Hall–Kier alpha value is -1.90. The molecule has 2 aromatic rings. The van der Waals surface area contributed by atoms with E-state index in [2.05, 4.69) is 20.7 Å². The van der Waals surface area contributed by atoms with Crippen molar-refractivity contribution >= 4 is 30.7 Å². The van der Waals surface area contributed by atoms with E-state index in [1.165, 1.54) is 0 Å². The van der Waals surface area contributed by atoms with Crippen LogP contribution in [0.4, 0.5) is 0 Å². The number of aromatic nitrogens is 3. The van der Waals surface area contributed by atoms with Gasteiger partial charge < -0.3 is 15.1 Å². The number of aryl methyl sites for hydroxylation is 4. The molecule has 1 saturated heterocycles. The summed E-state index contributed by atoms with van der Waals surface area (Å²) in [6.45, 7) is 8.44. The summed E-state index contributed by atoms with van der Waals surface area (Å²) in [4.78, 5) is 29.1. The SMILES string of the molecule is Cc1nc(C)n(CCCNC(=O)c2c(C)cc(C3CCCNC3)oc2=O)n1.Cl.Cl. The Kier molecular flexibility index (Phi) is 9.82. The molecule has 0 saturated carbocycles. The number of carbonyl (C=O) groups excluding carboxylic acids is 1. The van der Waals surface area contributed by atoms with E-state index in [1.54, 1.807) is 6.92 Å². The van der Waals surface area contributed by atoms with E-state index in [9.17, 15) is 9.59 Å². The molecule has 0 aliphatic carbocycles. The Morgan fingerprint density at radius 3 is 2.69 bits per heavy atom. The normalized spacial score (nSPS) is 15.9. The van der Waals surface area contributed by atoms with Crippen molar-refractivity contribution in [2.75, 3.05) is 19.6 Å². The van der Waals surface area contributed by atoms with Gasteiger partial charge in [0, 0.05) is 25.6 Å². The third-order valence-electron chi connectivity index (χ3n) is 4.89. The number of nitrogens with zero attached hydrogens (tertiary/aromatic N) is 3. The minimum atomic E-state index is -0.559. The fourth-order valence-corrected chi connectivity index (χ4v) is 3.49. The Morgan fingerprint density at radius 2 is 2.10 bits per heavy atom. The van der Waals surface area contributed by atoms with Crippen molar-refractivity contribution in [2.45, 2.75) is 52.5 Å². The van der Waals surface area contributed by atoms with Crippen LogP contribution in [-0.4, -0.2) is 40.3 Å². The quantitative estimate of drug-likeness (QED) is 0.661. The second-order valence-electron chi connectivity index (χ2n) is 7.08. The molecule has 1 unspecified atom stereocenters. The number of halogens is 2. The molecule has 162 valence electrons. The maximum Gasteiger partial charge on any atom is 0.349 e. The number of carbonyl (C=O) groups is 1. The molecule has 0 radical (unpaired) electrons. The fraction of sp³-hybridized carbons (Fsp3) is 0.579. The number of amides is 1. The van der Waals surface area contributed by atoms with Gasteiger partial charge in [-0.25, -0.2) is 9.78 Å². The first-order valence-corrected chi connectivity index (χ1v) is 9.47. The molecular formula is C19H29Cl2N5O3. The molecule has 2 aromatic heterocycles. The standard InChI is InChI=1S/C19H27N5O3.2ClH/c1-12-10-16(15-6-4-7-20-11-15)27-19(26)17(12)18(25)21-8-5-9-24-14(3)22-13(2)23-24;;/h10,15,20H,4-9,11H2,1-3H3,(H,21,25);2*1H. The second-order valence-corrected chi connectivity index (χ2v) is 7.08. The van der Waals surface area contributed by atoms with Crippen LogP contribution in [0, 0.1) is 20.8 Å². The van der Waals surface area contributed by atoms with Crippen molar-refractivity contribution in [3.05, 3.63) is 45.0 Å². The topological polar surface area (TPSA) is 102 Å². The summed E-state index contributed by atoms with van der Waals surface area (Å²) >= 11 is 0. The number of piperidine rings is 1. The summed E-state index contributed by atoms with van der Waals surface area (Å²) in [5.74, 6) is 2.05. The van der Waals surface area contributed by atoms with E-state index < -0.39 is 5.63 Å². The van der Waals surface area contributed by atoms with Crippen LogP contribution < -0.4 is 16.3 Å². The highest BCUT2D eigenvalue weighted by molar-refractivity contribution is 5.95. The predicted molar refractivity (Wildman–Crippen MR) is 116 cm³/mol. The van der Waals surface area contributed by atoms with Crippen LogP contribution in [0.3, 0.4) is 0 Å². The Morgan fingerprint density at radius 1 is 1.34 bits per heavy atom. The minimum absolute atomic E-state index is 0. The molecule has 1 atom stereocenters. The number of rotatable bonds is 6. The lowest BCUT2D eigenvalue weighted by Gasteiger charge is -2.22. The highest BCUT2D eigenvalue weighted by atomic mass is 35.5. The van der Waals surface area contributed by atoms with Crippen LogP contribution in [0.1, 0.15) is 58.5 Å².